The zero-order valence-corrected chi connectivity index (χ0v) is 20.0. The van der Waals surface area contributed by atoms with E-state index in [2.05, 4.69) is 19.7 Å². The highest BCUT2D eigenvalue weighted by Gasteiger charge is 2.48. The van der Waals surface area contributed by atoms with Gasteiger partial charge in [-0.25, -0.2) is 9.78 Å². The van der Waals surface area contributed by atoms with Gasteiger partial charge in [-0.3, -0.25) is 19.4 Å². The molecule has 2 atom stereocenters. The zero-order chi connectivity index (χ0) is 24.8. The van der Waals surface area contributed by atoms with Crippen LogP contribution in [0, 0.1) is 19.8 Å². The van der Waals surface area contributed by atoms with Gasteiger partial charge in [0.05, 0.1) is 11.0 Å². The number of likely N-dealkylation sites (tertiary alicyclic amines) is 1. The van der Waals surface area contributed by atoms with Crippen molar-refractivity contribution >= 4 is 23.4 Å². The molecule has 1 aromatic rings. The number of H-pyrrole nitrogens is 1. The molecule has 2 fully saturated rings. The number of fused-ring (bicyclic) bond motifs is 3. The summed E-state index contributed by atoms with van der Waals surface area (Å²) in [7, 11) is 0. The summed E-state index contributed by atoms with van der Waals surface area (Å²) in [6.45, 7) is 10.7. The van der Waals surface area contributed by atoms with E-state index in [4.69, 9.17) is 0 Å². The minimum atomic E-state index is -0.734. The third kappa shape index (κ3) is 4.71. The zero-order valence-electron chi connectivity index (χ0n) is 20.0. The van der Waals surface area contributed by atoms with Crippen LogP contribution in [0.5, 0.6) is 0 Å². The van der Waals surface area contributed by atoms with Crippen LogP contribution in [0.2, 0.25) is 0 Å². The molecule has 5 rings (SSSR count). The van der Waals surface area contributed by atoms with Crippen molar-refractivity contribution < 1.29 is 14.3 Å². The highest BCUT2D eigenvalue weighted by molar-refractivity contribution is 5.85. The van der Waals surface area contributed by atoms with Crippen LogP contribution >= 0.6 is 0 Å². The van der Waals surface area contributed by atoms with Crippen LogP contribution in [0.4, 0.5) is 0 Å². The highest BCUT2D eigenvalue weighted by Crippen LogP contribution is 2.44. The first kappa shape index (κ1) is 23.6. The van der Waals surface area contributed by atoms with Gasteiger partial charge in [0, 0.05) is 12.6 Å². The Balaban J connectivity index is 0.000000344. The summed E-state index contributed by atoms with van der Waals surface area (Å²) >= 11 is 0. The van der Waals surface area contributed by atoms with Crippen LogP contribution in [0.3, 0.4) is 0 Å². The Morgan fingerprint density at radius 2 is 1.91 bits per heavy atom. The van der Waals surface area contributed by atoms with Crippen LogP contribution in [0.25, 0.3) is 22.6 Å². The molecule has 4 aliphatic rings. The van der Waals surface area contributed by atoms with Crippen molar-refractivity contribution in [2.75, 3.05) is 6.54 Å². The molecule has 0 aromatic heterocycles. The lowest BCUT2D eigenvalue weighted by Crippen LogP contribution is -2.36. The van der Waals surface area contributed by atoms with Crippen molar-refractivity contribution in [1.82, 2.24) is 24.4 Å². The third-order valence-corrected chi connectivity index (χ3v) is 6.27. The number of aromatic nitrogens is 4. The van der Waals surface area contributed by atoms with Gasteiger partial charge in [0.15, 0.2) is 11.5 Å². The largest absolute Gasteiger partial charge is 0.462 e. The Morgan fingerprint density at radius 3 is 2.47 bits per heavy atom. The highest BCUT2D eigenvalue weighted by atomic mass is 16.5. The molecule has 1 aromatic carbocycles. The van der Waals surface area contributed by atoms with Gasteiger partial charge in [-0.15, -0.1) is 0 Å². The van der Waals surface area contributed by atoms with E-state index in [1.54, 1.807) is 4.57 Å². The van der Waals surface area contributed by atoms with Crippen molar-refractivity contribution in [2.45, 2.75) is 65.6 Å². The third-order valence-electron chi connectivity index (χ3n) is 6.27. The number of amides is 1. The van der Waals surface area contributed by atoms with Crippen molar-refractivity contribution in [3.05, 3.63) is 44.1 Å². The molecule has 10 nitrogen and oxygen atoms in total. The number of rotatable bonds is 3. The fourth-order valence-electron chi connectivity index (χ4n) is 4.28. The second-order valence-corrected chi connectivity index (χ2v) is 9.93. The summed E-state index contributed by atoms with van der Waals surface area (Å²) in [6, 6.07) is 4.18. The lowest BCUT2D eigenvalue weighted by molar-refractivity contribution is -0.138. The van der Waals surface area contributed by atoms with E-state index in [-0.39, 0.29) is 29.6 Å². The Bertz CT molecular complexity index is 1350. The van der Waals surface area contributed by atoms with Crippen LogP contribution in [0.15, 0.2) is 21.7 Å². The first-order valence-corrected chi connectivity index (χ1v) is 11.3. The van der Waals surface area contributed by atoms with E-state index >= 15 is 0 Å². The molecule has 3 heterocycles. The maximum Gasteiger partial charge on any atom is 0.349 e. The SMILES string of the molecule is CC(C)(C)OC=O.Cc1cc2nc3c(=O)[nH]c(=O)nc-3n(CC(=O)N3CCC4CC43)c2cc1C. The molecule has 3 aliphatic heterocycles. The number of carbonyl (C=O) groups is 2. The minimum Gasteiger partial charge on any atom is -0.462 e. The van der Waals surface area contributed by atoms with E-state index in [1.165, 1.54) is 0 Å². The second-order valence-electron chi connectivity index (χ2n) is 9.93. The number of benzene rings is 1. The average molecular weight is 468 g/mol. The van der Waals surface area contributed by atoms with Crippen LogP contribution < -0.4 is 11.2 Å². The van der Waals surface area contributed by atoms with Crippen molar-refractivity contribution in [1.29, 1.82) is 0 Å². The molecule has 1 aliphatic carbocycles. The normalized spacial score (nSPS) is 18.9. The fraction of sp³-hybridized carbons (Fsp3) is 0.500. The van der Waals surface area contributed by atoms with Gasteiger partial charge in [-0.1, -0.05) is 0 Å². The number of nitrogens with one attached hydrogen (secondary N) is 1. The number of aromatic amines is 1. The maximum absolute atomic E-state index is 13.0. The molecule has 1 saturated heterocycles. The predicted molar refractivity (Wildman–Crippen MR) is 126 cm³/mol. The van der Waals surface area contributed by atoms with Crippen molar-refractivity contribution in [3.8, 4) is 11.5 Å². The number of ether oxygens (including phenoxy) is 1. The number of aryl methyl sites for hydroxylation is 2. The number of carbonyl (C=O) groups excluding carboxylic acids is 2. The van der Waals surface area contributed by atoms with Gasteiger partial charge in [-0.2, -0.15) is 4.98 Å². The molecule has 1 N–H and O–H groups in total. The summed E-state index contributed by atoms with van der Waals surface area (Å²) in [5.74, 6) is 0.787. The second kappa shape index (κ2) is 8.66. The van der Waals surface area contributed by atoms with E-state index in [9.17, 15) is 19.2 Å². The quantitative estimate of drug-likeness (QED) is 0.459. The van der Waals surface area contributed by atoms with Gasteiger partial charge in [0.1, 0.15) is 12.1 Å². The van der Waals surface area contributed by atoms with Gasteiger partial charge in [0.25, 0.3) is 12.0 Å². The monoisotopic (exact) mass is 467 g/mol. The molecule has 34 heavy (non-hydrogen) atoms. The van der Waals surface area contributed by atoms with Gasteiger partial charge < -0.3 is 14.2 Å². The molecule has 0 radical (unpaired) electrons. The van der Waals surface area contributed by atoms with E-state index in [1.807, 2.05) is 51.7 Å². The van der Waals surface area contributed by atoms with Crippen molar-refractivity contribution in [3.63, 3.8) is 0 Å². The Hall–Kier alpha value is -3.56. The van der Waals surface area contributed by atoms with E-state index in [0.717, 1.165) is 30.5 Å². The summed E-state index contributed by atoms with van der Waals surface area (Å²) < 4.78 is 6.21. The summed E-state index contributed by atoms with van der Waals surface area (Å²) in [5, 5.41) is 0. The summed E-state index contributed by atoms with van der Waals surface area (Å²) in [5.41, 5.74) is 1.82. The molecule has 0 spiro atoms. The summed E-state index contributed by atoms with van der Waals surface area (Å²) in [4.78, 5) is 59.1. The first-order chi connectivity index (χ1) is 16.0. The van der Waals surface area contributed by atoms with E-state index < -0.39 is 11.2 Å². The number of piperidine rings is 1. The molecular weight excluding hydrogens is 438 g/mol. The standard InChI is InChI=1S/C19H19N5O3.C5H10O2/c1-9-5-12-14(6-10(9)2)24(8-15(25)23-4-3-11-7-13(11)23)17-16(20-12)18(26)22-19(27)21-17;1-5(2,3)7-4-6/h5-6,11,13H,3-4,7-8H2,1-2H3,(H,22,26,27);4H,1-3H3. The van der Waals surface area contributed by atoms with Crippen LogP contribution in [-0.2, 0) is 20.9 Å². The number of hydrogen-bond acceptors (Lipinski definition) is 7. The molecular formula is C24H29N5O5. The molecule has 180 valence electrons. The minimum absolute atomic E-state index is 0.00782. The topological polar surface area (TPSA) is 127 Å². The fourth-order valence-corrected chi connectivity index (χ4v) is 4.28. The van der Waals surface area contributed by atoms with E-state index in [0.29, 0.717) is 29.5 Å². The molecule has 1 saturated carbocycles. The molecule has 10 heteroatoms. The maximum atomic E-state index is 13.0. The van der Waals surface area contributed by atoms with Crippen molar-refractivity contribution in [2.24, 2.45) is 5.92 Å². The number of hydrogen-bond donors (Lipinski definition) is 1. The van der Waals surface area contributed by atoms with Crippen LogP contribution in [-0.4, -0.2) is 55.0 Å². The predicted octanol–water partition coefficient (Wildman–Crippen LogP) is 1.78. The summed E-state index contributed by atoms with van der Waals surface area (Å²) in [6.07, 6.45) is 2.13. The Kier molecular flexibility index (Phi) is 6.01. The molecule has 1 amide bonds. The smallest absolute Gasteiger partial charge is 0.349 e. The first-order valence-electron chi connectivity index (χ1n) is 11.3. The average Bonchev–Trinajstić information content (AvgIpc) is 3.38. The lowest BCUT2D eigenvalue weighted by atomic mass is 10.1. The lowest BCUT2D eigenvalue weighted by Gasteiger charge is -2.22. The Morgan fingerprint density at radius 1 is 1.21 bits per heavy atom. The molecule has 2 unspecified atom stereocenters. The van der Waals surface area contributed by atoms with Gasteiger partial charge >= 0.3 is 5.69 Å². The Labute approximate surface area is 196 Å². The van der Waals surface area contributed by atoms with Gasteiger partial charge in [-0.05, 0) is 76.6 Å². The number of nitrogens with zero attached hydrogens (tertiary/aromatic N) is 4. The molecule has 0 bridgehead atoms. The van der Waals surface area contributed by atoms with Gasteiger partial charge in [0.2, 0.25) is 5.91 Å². The van der Waals surface area contributed by atoms with Crippen LogP contribution in [0.1, 0.15) is 44.7 Å².